The molecular formula is C27H30ClN5O6. The summed E-state index contributed by atoms with van der Waals surface area (Å²) in [6, 6.07) is 11.1. The van der Waals surface area contributed by atoms with Gasteiger partial charge in [-0.3, -0.25) is 14.9 Å². The van der Waals surface area contributed by atoms with Crippen LogP contribution in [0, 0.1) is 10.1 Å². The predicted octanol–water partition coefficient (Wildman–Crippen LogP) is 5.81. The van der Waals surface area contributed by atoms with Gasteiger partial charge >= 0.3 is 6.09 Å². The zero-order valence-corrected chi connectivity index (χ0v) is 22.9. The van der Waals surface area contributed by atoms with Crippen LogP contribution in [0.2, 0.25) is 5.02 Å². The van der Waals surface area contributed by atoms with Crippen molar-refractivity contribution in [3.63, 3.8) is 0 Å². The minimum absolute atomic E-state index is 0.102. The van der Waals surface area contributed by atoms with Crippen molar-refractivity contribution in [3.8, 4) is 11.4 Å². The fraction of sp³-hybridized carbons (Fsp3) is 0.370. The number of rotatable bonds is 6. The molecule has 0 atom stereocenters. The van der Waals surface area contributed by atoms with E-state index in [-0.39, 0.29) is 29.1 Å². The van der Waals surface area contributed by atoms with Gasteiger partial charge in [0.25, 0.3) is 11.6 Å². The van der Waals surface area contributed by atoms with E-state index in [1.165, 1.54) is 31.5 Å². The van der Waals surface area contributed by atoms with Gasteiger partial charge in [-0.25, -0.2) is 9.48 Å². The third-order valence-electron chi connectivity index (χ3n) is 6.30. The number of anilines is 1. The lowest BCUT2D eigenvalue weighted by Gasteiger charge is -2.34. The van der Waals surface area contributed by atoms with E-state index in [1.807, 2.05) is 20.8 Å². The number of hydrogen-bond donors (Lipinski definition) is 1. The average molecular weight is 556 g/mol. The number of amides is 2. The van der Waals surface area contributed by atoms with Crippen LogP contribution in [0.5, 0.6) is 5.75 Å². The first kappa shape index (κ1) is 27.9. The maximum atomic E-state index is 13.6. The molecule has 4 rings (SSSR count). The maximum absolute atomic E-state index is 13.6. The van der Waals surface area contributed by atoms with E-state index in [4.69, 9.17) is 21.1 Å². The Morgan fingerprint density at radius 1 is 1.13 bits per heavy atom. The number of piperidine rings is 1. The molecule has 1 aliphatic heterocycles. The van der Waals surface area contributed by atoms with Crippen molar-refractivity contribution in [2.75, 3.05) is 25.5 Å². The van der Waals surface area contributed by atoms with Crippen molar-refractivity contribution in [3.05, 3.63) is 75.1 Å². The molecule has 2 aromatic carbocycles. The molecular weight excluding hydrogens is 526 g/mol. The lowest BCUT2D eigenvalue weighted by Crippen LogP contribution is -2.41. The molecule has 0 aliphatic carbocycles. The van der Waals surface area contributed by atoms with Crippen molar-refractivity contribution in [1.29, 1.82) is 0 Å². The molecule has 1 N–H and O–H groups in total. The number of ether oxygens (including phenoxy) is 2. The highest BCUT2D eigenvalue weighted by molar-refractivity contribution is 6.30. The molecule has 1 aromatic heterocycles. The molecule has 3 aromatic rings. The summed E-state index contributed by atoms with van der Waals surface area (Å²) in [5.74, 6) is -0.306. The van der Waals surface area contributed by atoms with Crippen LogP contribution in [0.3, 0.4) is 0 Å². The number of likely N-dealkylation sites (tertiary alicyclic amines) is 1. The van der Waals surface area contributed by atoms with E-state index < -0.39 is 16.4 Å². The summed E-state index contributed by atoms with van der Waals surface area (Å²) in [6.07, 6.45) is 2.27. The number of nitro benzene ring substituents is 1. The average Bonchev–Trinajstić information content (AvgIpc) is 3.33. The molecule has 0 bridgehead atoms. The number of halogens is 1. The second-order valence-electron chi connectivity index (χ2n) is 10.2. The second kappa shape index (κ2) is 11.3. The van der Waals surface area contributed by atoms with Gasteiger partial charge in [-0.2, -0.15) is 5.10 Å². The van der Waals surface area contributed by atoms with Gasteiger partial charge in [0.1, 0.15) is 11.4 Å². The summed E-state index contributed by atoms with van der Waals surface area (Å²) in [7, 11) is 1.42. The number of aromatic nitrogens is 2. The van der Waals surface area contributed by atoms with Crippen LogP contribution in [0.15, 0.2) is 48.7 Å². The number of hydrogen-bond acceptors (Lipinski definition) is 7. The van der Waals surface area contributed by atoms with Crippen LogP contribution in [0.1, 0.15) is 55.6 Å². The summed E-state index contributed by atoms with van der Waals surface area (Å²) in [4.78, 5) is 38.6. The van der Waals surface area contributed by atoms with E-state index >= 15 is 0 Å². The molecule has 2 heterocycles. The molecule has 2 amide bonds. The van der Waals surface area contributed by atoms with Gasteiger partial charge in [0.05, 0.1) is 40.9 Å². The Labute approximate surface area is 230 Å². The monoisotopic (exact) mass is 555 g/mol. The van der Waals surface area contributed by atoms with Crippen molar-refractivity contribution in [1.82, 2.24) is 14.7 Å². The van der Waals surface area contributed by atoms with Crippen LogP contribution in [-0.2, 0) is 4.74 Å². The third-order valence-corrected chi connectivity index (χ3v) is 6.55. The number of methoxy groups -OCH3 is 1. The smallest absolute Gasteiger partial charge is 0.410 e. The molecule has 11 nitrogen and oxygen atoms in total. The fourth-order valence-electron chi connectivity index (χ4n) is 4.47. The minimum Gasteiger partial charge on any atom is -0.495 e. The molecule has 0 saturated carbocycles. The Morgan fingerprint density at radius 3 is 2.38 bits per heavy atom. The normalized spacial score (nSPS) is 14.1. The van der Waals surface area contributed by atoms with Crippen LogP contribution in [-0.4, -0.2) is 57.4 Å². The van der Waals surface area contributed by atoms with Gasteiger partial charge < -0.3 is 19.7 Å². The Balaban J connectivity index is 1.65. The Morgan fingerprint density at radius 2 is 1.79 bits per heavy atom. The first-order chi connectivity index (χ1) is 18.5. The first-order valence-electron chi connectivity index (χ1n) is 12.4. The number of nitrogens with zero attached hydrogens (tertiary/aromatic N) is 4. The highest BCUT2D eigenvalue weighted by Crippen LogP contribution is 2.35. The van der Waals surface area contributed by atoms with Gasteiger partial charge in [0, 0.05) is 36.2 Å². The van der Waals surface area contributed by atoms with Gasteiger partial charge in [0.2, 0.25) is 0 Å². The van der Waals surface area contributed by atoms with E-state index in [0.717, 1.165) is 5.69 Å². The largest absolute Gasteiger partial charge is 0.495 e. The standard InChI is InChI=1S/C27H30ClN5O6/c1-27(2,3)39-26(35)31-13-11-17(12-14-31)24-21(16-29-32(24)19-7-5-18(28)6-8-19)25(34)30-22-15-20(33(36)37)9-10-23(22)38-4/h5-10,15-17H,11-14H2,1-4H3,(H,30,34). The third kappa shape index (κ3) is 6.48. The van der Waals surface area contributed by atoms with E-state index in [0.29, 0.717) is 42.2 Å². The summed E-state index contributed by atoms with van der Waals surface area (Å²) in [6.45, 7) is 6.37. The molecule has 39 heavy (non-hydrogen) atoms. The van der Waals surface area contributed by atoms with E-state index in [1.54, 1.807) is 33.8 Å². The molecule has 0 radical (unpaired) electrons. The molecule has 0 spiro atoms. The number of carbonyl (C=O) groups is 2. The summed E-state index contributed by atoms with van der Waals surface area (Å²) in [5, 5.41) is 19.1. The van der Waals surface area contributed by atoms with Gasteiger partial charge in [-0.15, -0.1) is 0 Å². The number of nitro groups is 1. The van der Waals surface area contributed by atoms with Crippen LogP contribution in [0.25, 0.3) is 5.69 Å². The zero-order valence-electron chi connectivity index (χ0n) is 22.1. The lowest BCUT2D eigenvalue weighted by molar-refractivity contribution is -0.384. The Bertz CT molecular complexity index is 1370. The van der Waals surface area contributed by atoms with E-state index in [9.17, 15) is 19.7 Å². The van der Waals surface area contributed by atoms with Gasteiger partial charge in [-0.05, 0) is 63.9 Å². The van der Waals surface area contributed by atoms with Crippen molar-refractivity contribution >= 4 is 35.0 Å². The molecule has 206 valence electrons. The topological polar surface area (TPSA) is 129 Å². The number of carbonyl (C=O) groups excluding carboxylic acids is 2. The Kier molecular flexibility index (Phi) is 8.10. The summed E-state index contributed by atoms with van der Waals surface area (Å²) < 4.78 is 12.5. The second-order valence-corrected chi connectivity index (χ2v) is 10.6. The first-order valence-corrected chi connectivity index (χ1v) is 12.8. The van der Waals surface area contributed by atoms with Crippen molar-refractivity contribution in [2.24, 2.45) is 0 Å². The lowest BCUT2D eigenvalue weighted by atomic mass is 9.90. The minimum atomic E-state index is -0.597. The zero-order chi connectivity index (χ0) is 28.3. The number of non-ortho nitro benzene ring substituents is 1. The van der Waals surface area contributed by atoms with Crippen LogP contribution < -0.4 is 10.1 Å². The van der Waals surface area contributed by atoms with Crippen molar-refractivity contribution < 1.29 is 24.0 Å². The molecule has 12 heteroatoms. The van der Waals surface area contributed by atoms with Crippen LogP contribution in [0.4, 0.5) is 16.2 Å². The molecule has 1 saturated heterocycles. The summed E-state index contributed by atoms with van der Waals surface area (Å²) >= 11 is 6.09. The Hall–Kier alpha value is -4.12. The van der Waals surface area contributed by atoms with Crippen molar-refractivity contribution in [2.45, 2.75) is 45.1 Å². The number of benzene rings is 2. The van der Waals surface area contributed by atoms with Crippen LogP contribution >= 0.6 is 11.6 Å². The maximum Gasteiger partial charge on any atom is 0.410 e. The highest BCUT2D eigenvalue weighted by atomic mass is 35.5. The molecule has 0 unspecified atom stereocenters. The molecule has 1 fully saturated rings. The predicted molar refractivity (Wildman–Crippen MR) is 146 cm³/mol. The molecule has 1 aliphatic rings. The number of nitrogens with one attached hydrogen (secondary N) is 1. The van der Waals surface area contributed by atoms with E-state index in [2.05, 4.69) is 10.4 Å². The quantitative estimate of drug-likeness (QED) is 0.300. The highest BCUT2D eigenvalue weighted by Gasteiger charge is 2.32. The van der Waals surface area contributed by atoms with Gasteiger partial charge in [0.15, 0.2) is 0 Å². The SMILES string of the molecule is COc1ccc([N+](=O)[O-])cc1NC(=O)c1cnn(-c2ccc(Cl)cc2)c1C1CCN(C(=O)OC(C)(C)C)CC1. The fourth-order valence-corrected chi connectivity index (χ4v) is 4.60. The summed E-state index contributed by atoms with van der Waals surface area (Å²) in [5.41, 5.74) is 1.09. The van der Waals surface area contributed by atoms with Gasteiger partial charge in [-0.1, -0.05) is 11.6 Å².